The molecule has 1 aliphatic heterocycles. The van der Waals surface area contributed by atoms with Gasteiger partial charge in [-0.25, -0.2) is 0 Å². The van der Waals surface area contributed by atoms with Gasteiger partial charge >= 0.3 is 0 Å². The molecular formula is C15H18N4O3S. The second kappa shape index (κ2) is 6.69. The summed E-state index contributed by atoms with van der Waals surface area (Å²) in [6, 6.07) is 9.52. The fraction of sp³-hybridized carbons (Fsp3) is 0.400. The smallest absolute Gasteiger partial charge is 0.249 e. The van der Waals surface area contributed by atoms with E-state index in [1.54, 1.807) is 0 Å². The number of carbonyl (C=O) groups excluding carboxylic acids is 1. The second-order valence-corrected chi connectivity index (χ2v) is 6.58. The highest BCUT2D eigenvalue weighted by molar-refractivity contribution is 8.01. The van der Waals surface area contributed by atoms with E-state index < -0.39 is 16.7 Å². The van der Waals surface area contributed by atoms with E-state index in [-0.39, 0.29) is 13.0 Å². The maximum absolute atomic E-state index is 12.3. The first-order valence-electron chi connectivity index (χ1n) is 7.34. The van der Waals surface area contributed by atoms with E-state index in [0.29, 0.717) is 18.3 Å². The van der Waals surface area contributed by atoms with E-state index in [4.69, 9.17) is 15.4 Å². The van der Waals surface area contributed by atoms with Crippen LogP contribution in [0.25, 0.3) is 0 Å². The molecule has 1 fully saturated rings. The first-order chi connectivity index (χ1) is 11.2. The Balaban J connectivity index is 2.08. The number of aliphatic hydroxyl groups excluding tert-OH is 1. The molecule has 0 bridgehead atoms. The van der Waals surface area contributed by atoms with Crippen LogP contribution < -0.4 is 11.1 Å². The van der Waals surface area contributed by atoms with E-state index in [2.05, 4.69) is 15.5 Å². The second-order valence-electron chi connectivity index (χ2n) is 5.24. The summed E-state index contributed by atoms with van der Waals surface area (Å²) in [6.07, 6.45) is 0.276. The van der Waals surface area contributed by atoms with Crippen LogP contribution in [0.3, 0.4) is 0 Å². The zero-order chi connectivity index (χ0) is 16.3. The van der Waals surface area contributed by atoms with Crippen molar-refractivity contribution in [3.63, 3.8) is 0 Å². The lowest BCUT2D eigenvalue weighted by atomic mass is 9.89. The lowest BCUT2D eigenvalue weighted by Crippen LogP contribution is -2.54. The van der Waals surface area contributed by atoms with Gasteiger partial charge in [0.2, 0.25) is 11.8 Å². The molecule has 1 saturated heterocycles. The molecule has 3 rings (SSSR count). The number of hydrogen-bond acceptors (Lipinski definition) is 7. The minimum atomic E-state index is -1.01. The number of rotatable bonds is 6. The molecule has 1 amide bonds. The third-order valence-corrected chi connectivity index (χ3v) is 5.24. The Morgan fingerprint density at radius 3 is 2.87 bits per heavy atom. The topological polar surface area (TPSA) is 114 Å². The number of carbonyl (C=O) groups is 1. The molecule has 23 heavy (non-hydrogen) atoms. The fourth-order valence-electron chi connectivity index (χ4n) is 2.78. The third-order valence-electron chi connectivity index (χ3n) is 3.79. The van der Waals surface area contributed by atoms with E-state index in [1.165, 1.54) is 11.8 Å². The van der Waals surface area contributed by atoms with E-state index in [9.17, 15) is 4.79 Å². The van der Waals surface area contributed by atoms with Gasteiger partial charge in [-0.2, -0.15) is 4.98 Å². The summed E-state index contributed by atoms with van der Waals surface area (Å²) in [5.41, 5.74) is 6.60. The minimum absolute atomic E-state index is 0.0778. The minimum Gasteiger partial charge on any atom is -0.396 e. The van der Waals surface area contributed by atoms with Gasteiger partial charge < -0.3 is 15.4 Å². The van der Waals surface area contributed by atoms with Crippen molar-refractivity contribution in [1.82, 2.24) is 15.5 Å². The SMILES string of the molecule is NC(=O)C1(C(c2ccccc2)c2noc(CCO)n2)NCCS1. The highest BCUT2D eigenvalue weighted by Gasteiger charge is 2.50. The fourth-order valence-corrected chi connectivity index (χ4v) is 4.06. The molecule has 0 radical (unpaired) electrons. The van der Waals surface area contributed by atoms with Crippen LogP contribution in [0.1, 0.15) is 23.2 Å². The molecule has 122 valence electrons. The molecule has 7 nitrogen and oxygen atoms in total. The number of amides is 1. The van der Waals surface area contributed by atoms with Crippen molar-refractivity contribution in [1.29, 1.82) is 0 Å². The summed E-state index contributed by atoms with van der Waals surface area (Å²) in [6.45, 7) is 0.601. The lowest BCUT2D eigenvalue weighted by Gasteiger charge is -2.32. The highest BCUT2D eigenvalue weighted by Crippen LogP contribution is 2.43. The summed E-state index contributed by atoms with van der Waals surface area (Å²) in [4.78, 5) is 15.6. The van der Waals surface area contributed by atoms with Gasteiger partial charge in [-0.1, -0.05) is 35.5 Å². The Labute approximate surface area is 137 Å². The van der Waals surface area contributed by atoms with Gasteiger partial charge in [-0.05, 0) is 5.56 Å². The maximum atomic E-state index is 12.3. The average molecular weight is 334 g/mol. The number of benzene rings is 1. The third kappa shape index (κ3) is 2.97. The zero-order valence-corrected chi connectivity index (χ0v) is 13.3. The van der Waals surface area contributed by atoms with Crippen LogP contribution in [0, 0.1) is 0 Å². The molecule has 0 spiro atoms. The summed E-state index contributed by atoms with van der Waals surface area (Å²) in [5.74, 6) is 0.576. The van der Waals surface area contributed by atoms with Gasteiger partial charge in [0.15, 0.2) is 10.7 Å². The molecule has 8 heteroatoms. The van der Waals surface area contributed by atoms with E-state index in [0.717, 1.165) is 11.3 Å². The molecular weight excluding hydrogens is 316 g/mol. The highest BCUT2D eigenvalue weighted by atomic mass is 32.2. The molecule has 2 aromatic rings. The number of hydrogen-bond donors (Lipinski definition) is 3. The zero-order valence-electron chi connectivity index (χ0n) is 12.4. The monoisotopic (exact) mass is 334 g/mol. The predicted octanol–water partition coefficient (Wildman–Crippen LogP) is 0.254. The molecule has 0 aliphatic carbocycles. The number of aromatic nitrogens is 2. The number of primary amides is 1. The normalized spacial score (nSPS) is 22.1. The number of thioether (sulfide) groups is 1. The number of nitrogens with one attached hydrogen (secondary N) is 1. The summed E-state index contributed by atoms with van der Waals surface area (Å²) in [5, 5.41) is 16.3. The quantitative estimate of drug-likeness (QED) is 0.694. The Bertz CT molecular complexity index is 670. The Morgan fingerprint density at radius 2 is 2.26 bits per heavy atom. The summed E-state index contributed by atoms with van der Waals surface area (Å²) in [7, 11) is 0. The summed E-state index contributed by atoms with van der Waals surface area (Å²) >= 11 is 1.46. The first-order valence-corrected chi connectivity index (χ1v) is 8.33. The van der Waals surface area contributed by atoms with Gasteiger partial charge in [0.05, 0.1) is 18.9 Å². The molecule has 2 unspecified atom stereocenters. The molecule has 2 atom stereocenters. The number of nitrogens with two attached hydrogens (primary N) is 1. The Morgan fingerprint density at radius 1 is 1.48 bits per heavy atom. The molecule has 1 aliphatic rings. The van der Waals surface area contributed by atoms with Crippen LogP contribution in [0.5, 0.6) is 0 Å². The van der Waals surface area contributed by atoms with Gasteiger partial charge in [-0.15, -0.1) is 11.8 Å². The predicted molar refractivity (Wildman–Crippen MR) is 85.8 cm³/mol. The van der Waals surface area contributed by atoms with Crippen LogP contribution in [0.2, 0.25) is 0 Å². The van der Waals surface area contributed by atoms with Gasteiger partial charge in [-0.3, -0.25) is 10.1 Å². The molecule has 1 aromatic carbocycles. The van der Waals surface area contributed by atoms with E-state index in [1.807, 2.05) is 30.3 Å². The standard InChI is InChI=1S/C15H18N4O3S/c16-14(21)15(17-7-9-23-15)12(10-4-2-1-3-5-10)13-18-11(6-8-20)22-19-13/h1-5,12,17,20H,6-9H2,(H2,16,21). The van der Waals surface area contributed by atoms with Crippen molar-refractivity contribution in [2.45, 2.75) is 17.2 Å². The Hall–Kier alpha value is -1.90. The number of aliphatic hydroxyl groups is 1. The van der Waals surface area contributed by atoms with Crippen molar-refractivity contribution in [2.75, 3.05) is 18.9 Å². The van der Waals surface area contributed by atoms with Crippen molar-refractivity contribution in [3.05, 3.63) is 47.6 Å². The van der Waals surface area contributed by atoms with Crippen molar-refractivity contribution in [2.24, 2.45) is 5.73 Å². The van der Waals surface area contributed by atoms with Crippen LogP contribution in [-0.4, -0.2) is 44.9 Å². The van der Waals surface area contributed by atoms with Crippen LogP contribution >= 0.6 is 11.8 Å². The van der Waals surface area contributed by atoms with Crippen LogP contribution in [0.15, 0.2) is 34.9 Å². The molecule has 2 heterocycles. The molecule has 0 saturated carbocycles. The van der Waals surface area contributed by atoms with Gasteiger partial charge in [0, 0.05) is 12.3 Å². The van der Waals surface area contributed by atoms with Gasteiger partial charge in [0.25, 0.3) is 0 Å². The average Bonchev–Trinajstić information content (AvgIpc) is 3.20. The van der Waals surface area contributed by atoms with Crippen molar-refractivity contribution >= 4 is 17.7 Å². The molecule has 1 aromatic heterocycles. The first kappa shape index (κ1) is 16.0. The van der Waals surface area contributed by atoms with Crippen molar-refractivity contribution in [3.8, 4) is 0 Å². The maximum Gasteiger partial charge on any atom is 0.249 e. The van der Waals surface area contributed by atoms with E-state index >= 15 is 0 Å². The Kier molecular flexibility index (Phi) is 4.65. The van der Waals surface area contributed by atoms with Gasteiger partial charge in [0.1, 0.15) is 0 Å². The van der Waals surface area contributed by atoms with Crippen LogP contribution in [-0.2, 0) is 11.2 Å². The van der Waals surface area contributed by atoms with Crippen molar-refractivity contribution < 1.29 is 14.4 Å². The lowest BCUT2D eigenvalue weighted by molar-refractivity contribution is -0.121. The summed E-state index contributed by atoms with van der Waals surface area (Å²) < 4.78 is 5.18. The van der Waals surface area contributed by atoms with Crippen LogP contribution in [0.4, 0.5) is 0 Å². The number of nitrogens with zero attached hydrogens (tertiary/aromatic N) is 2. The molecule has 4 N–H and O–H groups in total. The largest absolute Gasteiger partial charge is 0.396 e.